The third-order valence-electron chi connectivity index (χ3n) is 3.08. The van der Waals surface area contributed by atoms with Gasteiger partial charge in [0.15, 0.2) is 11.5 Å². The Balaban J connectivity index is 2.45. The van der Waals surface area contributed by atoms with Gasteiger partial charge in [-0.05, 0) is 18.2 Å². The third kappa shape index (κ3) is 3.49. The molecule has 0 aliphatic heterocycles. The number of nitrogens with zero attached hydrogens (tertiary/aromatic N) is 1. The van der Waals surface area contributed by atoms with Crippen LogP contribution in [0.3, 0.4) is 0 Å². The molecule has 0 saturated heterocycles. The molecule has 0 saturated carbocycles. The van der Waals surface area contributed by atoms with Gasteiger partial charge in [0.05, 0.1) is 24.8 Å². The van der Waals surface area contributed by atoms with Crippen LogP contribution in [0.2, 0.25) is 0 Å². The number of ether oxygens (including phenoxy) is 2. The van der Waals surface area contributed by atoms with E-state index in [1.165, 1.54) is 32.4 Å². The molecule has 0 spiro atoms. The van der Waals surface area contributed by atoms with E-state index >= 15 is 0 Å². The first-order chi connectivity index (χ1) is 11.3. The molecule has 0 aliphatic rings. The zero-order valence-electron chi connectivity index (χ0n) is 12.7. The van der Waals surface area contributed by atoms with Crippen LogP contribution in [0.5, 0.6) is 17.2 Å². The van der Waals surface area contributed by atoms with Gasteiger partial charge in [-0.15, -0.1) is 0 Å². The first-order valence-electron chi connectivity index (χ1n) is 6.50. The summed E-state index contributed by atoms with van der Waals surface area (Å²) in [5, 5.41) is 20.6. The Bertz CT molecular complexity index is 881. The van der Waals surface area contributed by atoms with Gasteiger partial charge in [0, 0.05) is 18.2 Å². The average Bonchev–Trinajstić information content (AvgIpc) is 2.54. The predicted molar refractivity (Wildman–Crippen MR) is 85.1 cm³/mol. The quantitative estimate of drug-likeness (QED) is 0.600. The second-order valence-corrected chi connectivity index (χ2v) is 6.24. The van der Waals surface area contributed by atoms with E-state index in [1.807, 2.05) is 0 Å². The molecule has 0 aliphatic carbocycles. The number of methoxy groups -OCH3 is 2. The number of benzene rings is 2. The first-order valence-corrected chi connectivity index (χ1v) is 7.99. The monoisotopic (exact) mass is 354 g/mol. The number of nitro groups is 1. The lowest BCUT2D eigenvalue weighted by Crippen LogP contribution is -2.14. The summed E-state index contributed by atoms with van der Waals surface area (Å²) in [6.07, 6.45) is 0. The van der Waals surface area contributed by atoms with Gasteiger partial charge >= 0.3 is 0 Å². The van der Waals surface area contributed by atoms with Crippen LogP contribution in [0, 0.1) is 10.1 Å². The number of non-ortho nitro benzene ring substituents is 1. The number of phenols is 1. The highest BCUT2D eigenvalue weighted by Gasteiger charge is 2.23. The molecule has 0 atom stereocenters. The molecule has 9 nitrogen and oxygen atoms in total. The highest BCUT2D eigenvalue weighted by atomic mass is 32.2. The fourth-order valence-corrected chi connectivity index (χ4v) is 3.19. The van der Waals surface area contributed by atoms with Gasteiger partial charge in [0.25, 0.3) is 15.7 Å². The van der Waals surface area contributed by atoms with Crippen molar-refractivity contribution < 1.29 is 27.9 Å². The third-order valence-corrected chi connectivity index (χ3v) is 4.48. The molecule has 2 rings (SSSR count). The Hall–Kier alpha value is -3.01. The number of nitrogens with one attached hydrogen (secondary N) is 1. The van der Waals surface area contributed by atoms with E-state index < -0.39 is 25.5 Å². The normalized spacial score (nSPS) is 10.9. The van der Waals surface area contributed by atoms with Crippen molar-refractivity contribution in [2.45, 2.75) is 4.90 Å². The molecule has 0 heterocycles. The minimum absolute atomic E-state index is 0.0502. The standard InChI is InChI=1S/C14H14N2O7S/c1-22-12-5-3-9(7-11(12)17)15-24(20,21)14-8-10(16(18)19)4-6-13(14)23-2/h3-8,15,17H,1-2H3. The van der Waals surface area contributed by atoms with E-state index in [9.17, 15) is 23.6 Å². The average molecular weight is 354 g/mol. The zero-order chi connectivity index (χ0) is 17.9. The van der Waals surface area contributed by atoms with Crippen molar-refractivity contribution in [3.05, 3.63) is 46.5 Å². The lowest BCUT2D eigenvalue weighted by atomic mass is 10.3. The van der Waals surface area contributed by atoms with Crippen LogP contribution in [-0.4, -0.2) is 32.7 Å². The maximum absolute atomic E-state index is 12.5. The molecule has 2 aromatic rings. The van der Waals surface area contributed by atoms with Crippen molar-refractivity contribution in [1.29, 1.82) is 0 Å². The Kier molecular flexibility index (Phi) is 4.79. The van der Waals surface area contributed by atoms with Crippen LogP contribution in [0.15, 0.2) is 41.3 Å². The van der Waals surface area contributed by atoms with E-state index in [0.717, 1.165) is 18.2 Å². The summed E-state index contributed by atoms with van der Waals surface area (Å²) in [6.45, 7) is 0. The lowest BCUT2D eigenvalue weighted by Gasteiger charge is -2.12. The minimum Gasteiger partial charge on any atom is -0.504 e. The van der Waals surface area contributed by atoms with Crippen LogP contribution in [0.25, 0.3) is 0 Å². The van der Waals surface area contributed by atoms with Gasteiger partial charge in [-0.1, -0.05) is 0 Å². The van der Waals surface area contributed by atoms with Crippen LogP contribution in [0.4, 0.5) is 11.4 Å². The summed E-state index contributed by atoms with van der Waals surface area (Å²) < 4.78 is 37.0. The molecule has 0 radical (unpaired) electrons. The van der Waals surface area contributed by atoms with Gasteiger partial charge in [0.1, 0.15) is 10.6 Å². The maximum atomic E-state index is 12.5. The van der Waals surface area contributed by atoms with Gasteiger partial charge in [-0.2, -0.15) is 0 Å². The van der Waals surface area contributed by atoms with Crippen molar-refractivity contribution in [1.82, 2.24) is 0 Å². The van der Waals surface area contributed by atoms with E-state index in [4.69, 9.17) is 9.47 Å². The van der Waals surface area contributed by atoms with Gasteiger partial charge < -0.3 is 14.6 Å². The molecule has 10 heteroatoms. The van der Waals surface area contributed by atoms with E-state index in [2.05, 4.69) is 4.72 Å². The Morgan fingerprint density at radius 3 is 2.25 bits per heavy atom. The molecule has 2 aromatic carbocycles. The van der Waals surface area contributed by atoms with Crippen molar-refractivity contribution >= 4 is 21.4 Å². The van der Waals surface area contributed by atoms with Gasteiger partial charge in [-0.3, -0.25) is 14.8 Å². The number of hydrogen-bond donors (Lipinski definition) is 2. The Morgan fingerprint density at radius 2 is 1.71 bits per heavy atom. The van der Waals surface area contributed by atoms with Crippen molar-refractivity contribution in [3.8, 4) is 17.2 Å². The van der Waals surface area contributed by atoms with Crippen LogP contribution < -0.4 is 14.2 Å². The number of anilines is 1. The number of phenolic OH excluding ortho intramolecular Hbond substituents is 1. The van der Waals surface area contributed by atoms with Crippen LogP contribution in [-0.2, 0) is 10.0 Å². The molecular formula is C14H14N2O7S. The van der Waals surface area contributed by atoms with Crippen molar-refractivity contribution in [2.24, 2.45) is 0 Å². The number of sulfonamides is 1. The molecule has 0 amide bonds. The SMILES string of the molecule is COc1ccc(NS(=O)(=O)c2cc([N+](=O)[O-])ccc2OC)cc1O. The number of nitro benzene ring substituents is 1. The maximum Gasteiger partial charge on any atom is 0.271 e. The van der Waals surface area contributed by atoms with E-state index in [-0.39, 0.29) is 22.9 Å². The van der Waals surface area contributed by atoms with Crippen molar-refractivity contribution in [3.63, 3.8) is 0 Å². The van der Waals surface area contributed by atoms with Crippen LogP contribution >= 0.6 is 0 Å². The zero-order valence-corrected chi connectivity index (χ0v) is 13.5. The fraction of sp³-hybridized carbons (Fsp3) is 0.143. The largest absolute Gasteiger partial charge is 0.504 e. The summed E-state index contributed by atoms with van der Waals surface area (Å²) in [5.41, 5.74) is -0.337. The fourth-order valence-electron chi connectivity index (χ4n) is 1.95. The van der Waals surface area contributed by atoms with Crippen molar-refractivity contribution in [2.75, 3.05) is 18.9 Å². The topological polar surface area (TPSA) is 128 Å². The number of hydrogen-bond acceptors (Lipinski definition) is 7. The molecule has 0 bridgehead atoms. The predicted octanol–water partition coefficient (Wildman–Crippen LogP) is 2.12. The smallest absolute Gasteiger partial charge is 0.271 e. The van der Waals surface area contributed by atoms with E-state index in [0.29, 0.717) is 0 Å². The molecule has 24 heavy (non-hydrogen) atoms. The minimum atomic E-state index is -4.18. The molecule has 0 fully saturated rings. The van der Waals surface area contributed by atoms with Gasteiger partial charge in [-0.25, -0.2) is 8.42 Å². The second-order valence-electron chi connectivity index (χ2n) is 4.58. The number of aromatic hydroxyl groups is 1. The first kappa shape index (κ1) is 17.3. The van der Waals surface area contributed by atoms with E-state index in [1.54, 1.807) is 0 Å². The molecule has 0 unspecified atom stereocenters. The second kappa shape index (κ2) is 6.62. The Morgan fingerprint density at radius 1 is 1.08 bits per heavy atom. The highest BCUT2D eigenvalue weighted by Crippen LogP contribution is 2.32. The molecule has 0 aromatic heterocycles. The van der Waals surface area contributed by atoms with Gasteiger partial charge in [0.2, 0.25) is 0 Å². The molecule has 128 valence electrons. The summed E-state index contributed by atoms with van der Waals surface area (Å²) >= 11 is 0. The summed E-state index contributed by atoms with van der Waals surface area (Å²) in [6, 6.07) is 7.12. The summed E-state index contributed by atoms with van der Waals surface area (Å²) in [4.78, 5) is 9.75. The highest BCUT2D eigenvalue weighted by molar-refractivity contribution is 7.92. The lowest BCUT2D eigenvalue weighted by molar-refractivity contribution is -0.385. The summed E-state index contributed by atoms with van der Waals surface area (Å²) in [5.74, 6) is -0.139. The molecule has 2 N–H and O–H groups in total. The Labute approximate surface area is 137 Å². The van der Waals surface area contributed by atoms with Crippen LogP contribution in [0.1, 0.15) is 0 Å². The number of rotatable bonds is 6. The molecular weight excluding hydrogens is 340 g/mol. The summed E-state index contributed by atoms with van der Waals surface area (Å²) in [7, 11) is -1.58.